The summed E-state index contributed by atoms with van der Waals surface area (Å²) in [5, 5.41) is 26.2. The molecule has 4 rings (SSSR count). The lowest BCUT2D eigenvalue weighted by Gasteiger charge is -2.19. The van der Waals surface area contributed by atoms with Crippen LogP contribution in [0.3, 0.4) is 0 Å². The number of fused-ring (bicyclic) bond motifs is 1. The lowest BCUT2D eigenvalue weighted by Crippen LogP contribution is -2.32. The second-order valence-electron chi connectivity index (χ2n) is 8.37. The van der Waals surface area contributed by atoms with Crippen molar-refractivity contribution in [3.63, 3.8) is 0 Å². The van der Waals surface area contributed by atoms with Gasteiger partial charge in [0.05, 0.1) is 16.7 Å². The van der Waals surface area contributed by atoms with Crippen molar-refractivity contribution in [2.75, 3.05) is 11.1 Å². The number of H-pyrrole nitrogens is 1. The summed E-state index contributed by atoms with van der Waals surface area (Å²) in [5.74, 6) is -0.166. The van der Waals surface area contributed by atoms with E-state index in [-0.39, 0.29) is 28.8 Å². The van der Waals surface area contributed by atoms with Gasteiger partial charge in [0.15, 0.2) is 0 Å². The van der Waals surface area contributed by atoms with Crippen LogP contribution in [0.15, 0.2) is 71.9 Å². The minimum atomic E-state index is -0.549. The Bertz CT molecular complexity index is 1420. The number of hydrogen-bond donors (Lipinski definition) is 3. The van der Waals surface area contributed by atoms with Gasteiger partial charge in [0.2, 0.25) is 11.1 Å². The number of benzene rings is 3. The lowest BCUT2D eigenvalue weighted by molar-refractivity contribution is -0.384. The van der Waals surface area contributed by atoms with E-state index in [0.29, 0.717) is 11.0 Å². The molecule has 0 aliphatic heterocycles. The summed E-state index contributed by atoms with van der Waals surface area (Å²) >= 11 is 1.17. The molecule has 0 unspecified atom stereocenters. The maximum Gasteiger partial charge on any atom is 0.270 e. The molecule has 2 amide bonds. The number of amides is 2. The quantitative estimate of drug-likeness (QED) is 0.170. The Balaban J connectivity index is 1.39. The number of carbonyl (C=O) groups is 2. The van der Waals surface area contributed by atoms with Crippen molar-refractivity contribution in [2.45, 2.75) is 25.0 Å². The summed E-state index contributed by atoms with van der Waals surface area (Å²) in [5.41, 5.74) is 0.746. The maximum atomic E-state index is 12.7. The van der Waals surface area contributed by atoms with E-state index in [1.807, 2.05) is 56.3 Å². The molecular formula is C25H24N6O4S. The van der Waals surface area contributed by atoms with Gasteiger partial charge in [0.25, 0.3) is 11.6 Å². The van der Waals surface area contributed by atoms with E-state index in [2.05, 4.69) is 25.8 Å². The smallest absolute Gasteiger partial charge is 0.270 e. The third kappa shape index (κ3) is 5.87. The molecule has 0 aliphatic carbocycles. The van der Waals surface area contributed by atoms with Crippen LogP contribution in [0.2, 0.25) is 0 Å². The predicted octanol–water partition coefficient (Wildman–Crippen LogP) is 4.72. The molecule has 10 nitrogen and oxygen atoms in total. The second kappa shape index (κ2) is 11.0. The van der Waals surface area contributed by atoms with Gasteiger partial charge in [-0.25, -0.2) is 4.98 Å². The first-order valence-corrected chi connectivity index (χ1v) is 12.2. The minimum Gasteiger partial charge on any atom is -0.342 e. The van der Waals surface area contributed by atoms with Gasteiger partial charge in [-0.15, -0.1) is 5.10 Å². The Hall–Kier alpha value is -4.25. The highest BCUT2D eigenvalue weighted by atomic mass is 32.2. The van der Waals surface area contributed by atoms with Crippen LogP contribution in [0.4, 0.5) is 11.4 Å². The molecule has 0 saturated heterocycles. The minimum absolute atomic E-state index is 0.0480. The van der Waals surface area contributed by atoms with Crippen molar-refractivity contribution in [2.24, 2.45) is 5.92 Å². The van der Waals surface area contributed by atoms with Crippen molar-refractivity contribution in [3.8, 4) is 0 Å². The van der Waals surface area contributed by atoms with Gasteiger partial charge in [-0.3, -0.25) is 24.8 Å². The van der Waals surface area contributed by atoms with Crippen LogP contribution in [0.25, 0.3) is 10.8 Å². The number of carbonyl (C=O) groups excluding carboxylic acids is 2. The molecule has 184 valence electrons. The van der Waals surface area contributed by atoms with Crippen molar-refractivity contribution in [1.29, 1.82) is 0 Å². The van der Waals surface area contributed by atoms with E-state index in [0.717, 1.165) is 16.5 Å². The van der Waals surface area contributed by atoms with Crippen molar-refractivity contribution >= 4 is 45.7 Å². The molecule has 3 aromatic carbocycles. The molecule has 3 N–H and O–H groups in total. The maximum absolute atomic E-state index is 12.7. The monoisotopic (exact) mass is 504 g/mol. The molecule has 1 atom stereocenters. The molecule has 0 saturated carbocycles. The summed E-state index contributed by atoms with van der Waals surface area (Å²) in [7, 11) is 0. The van der Waals surface area contributed by atoms with Crippen molar-refractivity contribution < 1.29 is 14.5 Å². The fourth-order valence-electron chi connectivity index (χ4n) is 3.65. The number of anilines is 1. The number of aromatic amines is 1. The van der Waals surface area contributed by atoms with Crippen LogP contribution >= 0.6 is 11.8 Å². The number of aromatic nitrogens is 3. The van der Waals surface area contributed by atoms with E-state index in [9.17, 15) is 19.7 Å². The predicted molar refractivity (Wildman–Crippen MR) is 138 cm³/mol. The zero-order chi connectivity index (χ0) is 25.7. The zero-order valence-corrected chi connectivity index (χ0v) is 20.4. The summed E-state index contributed by atoms with van der Waals surface area (Å²) in [6.07, 6.45) is 0. The average molecular weight is 505 g/mol. The molecule has 1 heterocycles. The average Bonchev–Trinajstić information content (AvgIpc) is 3.34. The normalized spacial score (nSPS) is 11.9. The fraction of sp³-hybridized carbons (Fsp3) is 0.200. The van der Waals surface area contributed by atoms with Crippen LogP contribution < -0.4 is 10.6 Å². The lowest BCUT2D eigenvalue weighted by atomic mass is 10.0. The number of hydrogen-bond acceptors (Lipinski definition) is 7. The van der Waals surface area contributed by atoms with Crippen molar-refractivity contribution in [3.05, 3.63) is 88.2 Å². The highest BCUT2D eigenvalue weighted by Gasteiger charge is 2.24. The van der Waals surface area contributed by atoms with Crippen LogP contribution in [0.1, 0.15) is 36.1 Å². The Labute approximate surface area is 211 Å². The Morgan fingerprint density at radius 2 is 1.83 bits per heavy atom. The number of nitro groups is 1. The third-order valence-corrected chi connectivity index (χ3v) is 6.29. The van der Waals surface area contributed by atoms with Gasteiger partial charge >= 0.3 is 0 Å². The molecule has 0 radical (unpaired) electrons. The van der Waals surface area contributed by atoms with Gasteiger partial charge in [-0.2, -0.15) is 0 Å². The first-order valence-electron chi connectivity index (χ1n) is 11.2. The zero-order valence-electron chi connectivity index (χ0n) is 19.6. The number of non-ortho nitro benzene ring substituents is 1. The number of nitrogens with one attached hydrogen (secondary N) is 3. The topological polar surface area (TPSA) is 143 Å². The molecular weight excluding hydrogens is 480 g/mol. The fourth-order valence-corrected chi connectivity index (χ4v) is 4.25. The molecule has 11 heteroatoms. The summed E-state index contributed by atoms with van der Waals surface area (Å²) < 4.78 is 0. The number of nitrogens with zero attached hydrogens (tertiary/aromatic N) is 3. The van der Waals surface area contributed by atoms with Gasteiger partial charge in [0, 0.05) is 28.8 Å². The summed E-state index contributed by atoms with van der Waals surface area (Å²) in [6, 6.07) is 18.5. The van der Waals surface area contributed by atoms with E-state index in [4.69, 9.17) is 0 Å². The van der Waals surface area contributed by atoms with Crippen LogP contribution in [-0.4, -0.2) is 37.7 Å². The second-order valence-corrected chi connectivity index (χ2v) is 9.31. The Morgan fingerprint density at radius 1 is 1.08 bits per heavy atom. The van der Waals surface area contributed by atoms with Crippen LogP contribution in [0, 0.1) is 16.0 Å². The number of thioether (sulfide) groups is 1. The molecule has 1 aromatic heterocycles. The van der Waals surface area contributed by atoms with Gasteiger partial charge in [-0.1, -0.05) is 68.1 Å². The van der Waals surface area contributed by atoms with E-state index < -0.39 is 16.9 Å². The molecule has 0 bridgehead atoms. The van der Waals surface area contributed by atoms with Crippen LogP contribution in [-0.2, 0) is 4.79 Å². The summed E-state index contributed by atoms with van der Waals surface area (Å²) in [6.45, 7) is 3.82. The van der Waals surface area contributed by atoms with E-state index >= 15 is 0 Å². The Kier molecular flexibility index (Phi) is 7.59. The molecule has 4 aromatic rings. The number of nitro benzene ring substituents is 1. The first-order chi connectivity index (χ1) is 17.3. The molecule has 0 spiro atoms. The molecule has 0 aliphatic rings. The SMILES string of the molecule is CC(C)[C@H](NC(=O)c1cccc([N+](=O)[O-])c1)c1nc(SCC(=O)Nc2cccc3ccccc23)n[nH]1. The standard InChI is InChI=1S/C25H24N6O4S/c1-15(2)22(27-24(33)17-9-5-10-18(13-17)31(34)35)23-28-25(30-29-23)36-14-21(32)26-20-12-6-8-16-7-3-4-11-19(16)20/h3-13,15,22H,14H2,1-2H3,(H,26,32)(H,27,33)(H,28,29,30)/t22-/m0/s1. The first kappa shape index (κ1) is 24.9. The number of rotatable bonds is 9. The van der Waals surface area contributed by atoms with E-state index in [1.165, 1.54) is 36.0 Å². The van der Waals surface area contributed by atoms with Crippen LogP contribution in [0.5, 0.6) is 0 Å². The third-order valence-electron chi connectivity index (χ3n) is 5.45. The Morgan fingerprint density at radius 3 is 2.61 bits per heavy atom. The largest absolute Gasteiger partial charge is 0.342 e. The van der Waals surface area contributed by atoms with Gasteiger partial charge in [-0.05, 0) is 23.4 Å². The highest BCUT2D eigenvalue weighted by molar-refractivity contribution is 7.99. The van der Waals surface area contributed by atoms with E-state index in [1.54, 1.807) is 0 Å². The van der Waals surface area contributed by atoms with Gasteiger partial charge in [0.1, 0.15) is 5.82 Å². The molecule has 0 fully saturated rings. The molecule has 36 heavy (non-hydrogen) atoms. The van der Waals surface area contributed by atoms with Gasteiger partial charge < -0.3 is 10.6 Å². The highest BCUT2D eigenvalue weighted by Crippen LogP contribution is 2.25. The van der Waals surface area contributed by atoms with Crippen molar-refractivity contribution in [1.82, 2.24) is 20.5 Å². The summed E-state index contributed by atoms with van der Waals surface area (Å²) in [4.78, 5) is 40.2.